The van der Waals surface area contributed by atoms with Crippen LogP contribution in [0.5, 0.6) is 0 Å². The maximum atomic E-state index is 13.1. The molecule has 160 valence electrons. The molecular formula is C26H29N3OS. The Bertz CT molecular complexity index is 1220. The van der Waals surface area contributed by atoms with E-state index < -0.39 is 0 Å². The van der Waals surface area contributed by atoms with Gasteiger partial charge in [0.25, 0.3) is 5.91 Å². The van der Waals surface area contributed by atoms with Crippen LogP contribution in [0.1, 0.15) is 44.6 Å². The smallest absolute Gasteiger partial charge is 0.266 e. The number of aromatic nitrogens is 1. The van der Waals surface area contributed by atoms with Gasteiger partial charge in [0.1, 0.15) is 0 Å². The van der Waals surface area contributed by atoms with E-state index >= 15 is 0 Å². The van der Waals surface area contributed by atoms with Crippen LogP contribution in [0.25, 0.3) is 22.5 Å². The predicted molar refractivity (Wildman–Crippen MR) is 133 cm³/mol. The number of benzene rings is 2. The van der Waals surface area contributed by atoms with Crippen molar-refractivity contribution in [3.63, 3.8) is 0 Å². The average molecular weight is 432 g/mol. The number of fused-ring (bicyclic) bond motifs is 1. The van der Waals surface area contributed by atoms with E-state index in [2.05, 4.69) is 71.9 Å². The van der Waals surface area contributed by atoms with Crippen LogP contribution in [0.4, 0.5) is 0 Å². The van der Waals surface area contributed by atoms with Crippen LogP contribution in [-0.2, 0) is 4.79 Å². The van der Waals surface area contributed by atoms with Crippen LogP contribution < -0.4 is 0 Å². The molecule has 1 fully saturated rings. The lowest BCUT2D eigenvalue weighted by atomic mass is 10.1. The lowest BCUT2D eigenvalue weighted by Gasteiger charge is -2.20. The van der Waals surface area contributed by atoms with E-state index in [1.807, 2.05) is 33.8 Å². The maximum absolute atomic E-state index is 13.1. The predicted octanol–water partition coefficient (Wildman–Crippen LogP) is 6.34. The molecule has 31 heavy (non-hydrogen) atoms. The first-order chi connectivity index (χ1) is 14.8. The minimum absolute atomic E-state index is 0.0370. The number of rotatable bonds is 4. The number of amides is 1. The van der Waals surface area contributed by atoms with Crippen molar-refractivity contribution in [2.45, 2.75) is 53.6 Å². The number of hydrogen-bond acceptors (Lipinski definition) is 3. The van der Waals surface area contributed by atoms with Gasteiger partial charge in [-0.3, -0.25) is 14.7 Å². The lowest BCUT2D eigenvalue weighted by molar-refractivity contribution is -0.123. The summed E-state index contributed by atoms with van der Waals surface area (Å²) in [6.45, 7) is 12.4. The topological polar surface area (TPSA) is 37.6 Å². The Labute approximate surface area is 188 Å². The fraction of sp³-hybridized carbons (Fsp3) is 0.308. The van der Waals surface area contributed by atoms with Crippen molar-refractivity contribution >= 4 is 39.7 Å². The molecule has 0 unspecified atom stereocenters. The Morgan fingerprint density at radius 1 is 0.968 bits per heavy atom. The van der Waals surface area contributed by atoms with E-state index in [-0.39, 0.29) is 18.0 Å². The Kier molecular flexibility index (Phi) is 5.80. The van der Waals surface area contributed by atoms with Crippen molar-refractivity contribution in [1.29, 1.82) is 0 Å². The molecule has 0 aliphatic carbocycles. The highest BCUT2D eigenvalue weighted by molar-refractivity contribution is 8.18. The second-order valence-corrected chi connectivity index (χ2v) is 9.59. The lowest BCUT2D eigenvalue weighted by Crippen LogP contribution is -2.35. The summed E-state index contributed by atoms with van der Waals surface area (Å²) in [6, 6.07) is 17.3. The third-order valence-corrected chi connectivity index (χ3v) is 6.47. The summed E-state index contributed by atoms with van der Waals surface area (Å²) >= 11 is 1.48. The molecule has 1 saturated heterocycles. The average Bonchev–Trinajstić information content (AvgIpc) is 3.16. The molecule has 4 rings (SSSR count). The molecule has 2 aromatic carbocycles. The number of amidine groups is 1. The van der Waals surface area contributed by atoms with Gasteiger partial charge in [0.2, 0.25) is 0 Å². The van der Waals surface area contributed by atoms with Gasteiger partial charge in [-0.1, -0.05) is 30.3 Å². The third-order valence-electron chi connectivity index (χ3n) is 5.47. The zero-order valence-electron chi connectivity index (χ0n) is 19.0. The van der Waals surface area contributed by atoms with Crippen LogP contribution in [0.3, 0.4) is 0 Å². The second kappa shape index (κ2) is 8.39. The largest absolute Gasteiger partial charge is 0.318 e. The summed E-state index contributed by atoms with van der Waals surface area (Å²) < 4.78 is 2.26. The summed E-state index contributed by atoms with van der Waals surface area (Å²) in [4.78, 5) is 20.3. The Morgan fingerprint density at radius 2 is 1.68 bits per heavy atom. The minimum atomic E-state index is 0.0370. The molecule has 0 N–H and O–H groups in total. The molecule has 2 heterocycles. The molecule has 4 nitrogen and oxygen atoms in total. The van der Waals surface area contributed by atoms with Gasteiger partial charge in [-0.15, -0.1) is 0 Å². The van der Waals surface area contributed by atoms with E-state index in [0.29, 0.717) is 0 Å². The van der Waals surface area contributed by atoms with Crippen molar-refractivity contribution in [1.82, 2.24) is 9.47 Å². The SMILES string of the molecule is Cc1cc(/C=C2/SC(=NC(C)C)N(C(C)C)C2=O)c(C)n1-c1ccc2ccccc2c1. The van der Waals surface area contributed by atoms with Crippen molar-refractivity contribution in [2.24, 2.45) is 4.99 Å². The monoisotopic (exact) mass is 431 g/mol. The van der Waals surface area contributed by atoms with E-state index in [9.17, 15) is 4.79 Å². The molecular weight excluding hydrogens is 402 g/mol. The maximum Gasteiger partial charge on any atom is 0.266 e. The zero-order chi connectivity index (χ0) is 22.3. The first-order valence-electron chi connectivity index (χ1n) is 10.7. The molecule has 0 atom stereocenters. The zero-order valence-corrected chi connectivity index (χ0v) is 19.8. The fourth-order valence-electron chi connectivity index (χ4n) is 4.04. The Balaban J connectivity index is 1.75. The molecule has 0 bridgehead atoms. The summed E-state index contributed by atoms with van der Waals surface area (Å²) in [5.74, 6) is 0.0370. The van der Waals surface area contributed by atoms with Crippen LogP contribution in [0, 0.1) is 13.8 Å². The highest BCUT2D eigenvalue weighted by Crippen LogP contribution is 2.35. The van der Waals surface area contributed by atoms with E-state index in [0.717, 1.165) is 32.7 Å². The molecule has 1 aliphatic rings. The molecule has 0 radical (unpaired) electrons. The minimum Gasteiger partial charge on any atom is -0.318 e. The summed E-state index contributed by atoms with van der Waals surface area (Å²) in [7, 11) is 0. The summed E-state index contributed by atoms with van der Waals surface area (Å²) in [5, 5.41) is 3.25. The fourth-order valence-corrected chi connectivity index (χ4v) is 5.26. The number of thioether (sulfide) groups is 1. The number of aliphatic imine (C=N–C) groups is 1. The van der Waals surface area contributed by atoms with Gasteiger partial charge in [0.15, 0.2) is 5.17 Å². The van der Waals surface area contributed by atoms with Gasteiger partial charge in [-0.2, -0.15) is 0 Å². The van der Waals surface area contributed by atoms with Crippen molar-refractivity contribution in [3.05, 3.63) is 70.4 Å². The van der Waals surface area contributed by atoms with Gasteiger partial charge in [0.05, 0.1) is 4.91 Å². The van der Waals surface area contributed by atoms with E-state index in [1.54, 1.807) is 4.90 Å². The van der Waals surface area contributed by atoms with Gasteiger partial charge in [0, 0.05) is 29.2 Å². The van der Waals surface area contributed by atoms with Crippen molar-refractivity contribution < 1.29 is 4.79 Å². The summed E-state index contributed by atoms with van der Waals surface area (Å²) in [5.41, 5.74) is 4.47. The van der Waals surface area contributed by atoms with E-state index in [1.165, 1.54) is 22.5 Å². The van der Waals surface area contributed by atoms with Gasteiger partial charge in [-0.05, 0) is 93.9 Å². The molecule has 1 amide bonds. The van der Waals surface area contributed by atoms with Crippen LogP contribution >= 0.6 is 11.8 Å². The second-order valence-electron chi connectivity index (χ2n) is 8.58. The Hall–Kier alpha value is -2.79. The molecule has 0 spiro atoms. The molecule has 5 heteroatoms. The molecule has 3 aromatic rings. The van der Waals surface area contributed by atoms with E-state index in [4.69, 9.17) is 0 Å². The van der Waals surface area contributed by atoms with Crippen LogP contribution in [0.15, 0.2) is 58.4 Å². The number of carbonyl (C=O) groups is 1. The first kappa shape index (κ1) is 21.4. The Morgan fingerprint density at radius 3 is 2.35 bits per heavy atom. The van der Waals surface area contributed by atoms with Crippen LogP contribution in [-0.4, -0.2) is 32.6 Å². The quantitative estimate of drug-likeness (QED) is 0.452. The standard InChI is InChI=1S/C26H29N3OS/c1-16(2)27-26-28(17(3)4)25(30)24(31-26)15-22-13-18(5)29(19(22)6)23-12-11-20-9-7-8-10-21(20)14-23/h7-17H,1-6H3/b24-15+,27-26?. The van der Waals surface area contributed by atoms with Crippen molar-refractivity contribution in [2.75, 3.05) is 0 Å². The highest BCUT2D eigenvalue weighted by Gasteiger charge is 2.35. The number of nitrogens with zero attached hydrogens (tertiary/aromatic N) is 3. The molecule has 0 saturated carbocycles. The number of hydrogen-bond donors (Lipinski definition) is 0. The summed E-state index contributed by atoms with van der Waals surface area (Å²) in [6.07, 6.45) is 2.02. The normalized spacial score (nSPS) is 17.3. The van der Waals surface area contributed by atoms with Crippen molar-refractivity contribution in [3.8, 4) is 5.69 Å². The van der Waals surface area contributed by atoms with Gasteiger partial charge in [-0.25, -0.2) is 0 Å². The third kappa shape index (κ3) is 4.07. The highest BCUT2D eigenvalue weighted by atomic mass is 32.2. The molecule has 1 aromatic heterocycles. The molecule has 1 aliphatic heterocycles. The van der Waals surface area contributed by atoms with Crippen LogP contribution in [0.2, 0.25) is 0 Å². The van der Waals surface area contributed by atoms with Gasteiger partial charge >= 0.3 is 0 Å². The van der Waals surface area contributed by atoms with Gasteiger partial charge < -0.3 is 4.57 Å². The number of carbonyl (C=O) groups excluding carboxylic acids is 1. The number of aryl methyl sites for hydroxylation is 1. The first-order valence-corrected chi connectivity index (χ1v) is 11.6.